The second-order valence-corrected chi connectivity index (χ2v) is 7.65. The topological polar surface area (TPSA) is 130 Å². The molecule has 0 heterocycles. The van der Waals surface area contributed by atoms with E-state index in [4.69, 9.17) is 5.11 Å². The monoisotopic (exact) mass is 340 g/mol. The third kappa shape index (κ3) is 4.74. The zero-order chi connectivity index (χ0) is 16.3. The van der Waals surface area contributed by atoms with Gasteiger partial charge in [-0.3, -0.25) is 0 Å². The van der Waals surface area contributed by atoms with Crippen LogP contribution >= 0.6 is 0 Å². The summed E-state index contributed by atoms with van der Waals surface area (Å²) in [6, 6.07) is 2.29. The molecule has 0 amide bonds. The maximum Gasteiger partial charge on any atom is 0.335 e. The molecule has 0 saturated carbocycles. The highest BCUT2D eigenvalue weighted by molar-refractivity contribution is 7.90. The molecule has 1 aromatic carbocycles. The van der Waals surface area contributed by atoms with Crippen LogP contribution in [0.15, 0.2) is 23.1 Å². The Bertz CT molecular complexity index is 745. The van der Waals surface area contributed by atoms with Gasteiger partial charge in [0.2, 0.25) is 20.0 Å². The molecular formula is C10H13FN2O6S2. The summed E-state index contributed by atoms with van der Waals surface area (Å²) in [5.74, 6) is -3.09. The lowest BCUT2D eigenvalue weighted by molar-refractivity contribution is 0.0696. The van der Waals surface area contributed by atoms with Crippen molar-refractivity contribution in [2.45, 2.75) is 4.90 Å². The van der Waals surface area contributed by atoms with Gasteiger partial charge in [0.15, 0.2) is 0 Å². The Hall–Kier alpha value is -1.56. The molecule has 0 aliphatic heterocycles. The summed E-state index contributed by atoms with van der Waals surface area (Å²) in [6.45, 7) is -0.484. The minimum absolute atomic E-state index is 0.403. The molecule has 21 heavy (non-hydrogen) atoms. The predicted octanol–water partition coefficient (Wildman–Crippen LogP) is -0.649. The third-order valence-electron chi connectivity index (χ3n) is 2.44. The number of aromatic carboxylic acids is 1. The molecule has 1 rings (SSSR count). The largest absolute Gasteiger partial charge is 0.478 e. The molecule has 0 spiro atoms. The van der Waals surface area contributed by atoms with Crippen molar-refractivity contribution < 1.29 is 31.1 Å². The van der Waals surface area contributed by atoms with Crippen LogP contribution in [0.3, 0.4) is 0 Å². The van der Waals surface area contributed by atoms with Crippen molar-refractivity contribution in [1.82, 2.24) is 9.44 Å². The minimum atomic E-state index is -4.36. The molecule has 11 heteroatoms. The molecule has 118 valence electrons. The van der Waals surface area contributed by atoms with Gasteiger partial charge in [-0.05, 0) is 25.2 Å². The third-order valence-corrected chi connectivity index (χ3v) is 5.28. The van der Waals surface area contributed by atoms with Crippen LogP contribution in [0.2, 0.25) is 0 Å². The van der Waals surface area contributed by atoms with Crippen LogP contribution in [0.4, 0.5) is 4.39 Å². The molecule has 0 unspecified atom stereocenters. The van der Waals surface area contributed by atoms with E-state index in [9.17, 15) is 26.0 Å². The van der Waals surface area contributed by atoms with Crippen molar-refractivity contribution in [3.63, 3.8) is 0 Å². The highest BCUT2D eigenvalue weighted by atomic mass is 32.2. The number of nitrogens with one attached hydrogen (secondary N) is 2. The van der Waals surface area contributed by atoms with E-state index >= 15 is 0 Å². The van der Waals surface area contributed by atoms with Crippen molar-refractivity contribution in [2.24, 2.45) is 0 Å². The summed E-state index contributed by atoms with van der Waals surface area (Å²) in [6.07, 6.45) is 0. The van der Waals surface area contributed by atoms with Gasteiger partial charge in [0, 0.05) is 6.54 Å². The van der Waals surface area contributed by atoms with Crippen LogP contribution in [0, 0.1) is 5.82 Å². The van der Waals surface area contributed by atoms with Crippen molar-refractivity contribution in [3.05, 3.63) is 29.6 Å². The van der Waals surface area contributed by atoms with Gasteiger partial charge in [-0.1, -0.05) is 0 Å². The van der Waals surface area contributed by atoms with Gasteiger partial charge < -0.3 is 5.11 Å². The average Bonchev–Trinajstić information content (AvgIpc) is 2.38. The molecule has 0 radical (unpaired) electrons. The van der Waals surface area contributed by atoms with Gasteiger partial charge in [-0.25, -0.2) is 35.5 Å². The Morgan fingerprint density at radius 1 is 1.29 bits per heavy atom. The molecule has 8 nitrogen and oxygen atoms in total. The number of carboxylic acid groups (broad SMARTS) is 1. The first-order valence-corrected chi connectivity index (χ1v) is 8.66. The number of carboxylic acids is 1. The number of sulfonamides is 2. The van der Waals surface area contributed by atoms with E-state index in [2.05, 4.69) is 0 Å². The molecule has 1 aromatic rings. The van der Waals surface area contributed by atoms with E-state index in [1.54, 1.807) is 0 Å². The van der Waals surface area contributed by atoms with Gasteiger partial charge in [0.05, 0.1) is 11.3 Å². The molecule has 0 aliphatic rings. The normalized spacial score (nSPS) is 12.3. The number of hydrogen-bond acceptors (Lipinski definition) is 5. The van der Waals surface area contributed by atoms with Crippen molar-refractivity contribution in [2.75, 3.05) is 19.3 Å². The van der Waals surface area contributed by atoms with Gasteiger partial charge in [-0.15, -0.1) is 0 Å². The molecule has 0 aromatic heterocycles. The molecule has 3 N–H and O–H groups in total. The summed E-state index contributed by atoms with van der Waals surface area (Å²) in [5.41, 5.74) is -0.403. The second-order valence-electron chi connectivity index (χ2n) is 3.87. The summed E-state index contributed by atoms with van der Waals surface area (Å²) in [5, 5.41) is 8.76. The maximum atomic E-state index is 13.5. The average molecular weight is 340 g/mol. The number of carbonyl (C=O) groups is 1. The first kappa shape index (κ1) is 17.5. The van der Waals surface area contributed by atoms with E-state index in [0.717, 1.165) is 6.07 Å². The standard InChI is InChI=1S/C10H13FN2O6S2/c1-12-20(16,17)5-4-13-21(18,19)9-6-7(10(14)15)2-3-8(9)11/h2-3,6,12-13H,4-5H2,1H3,(H,14,15). The highest BCUT2D eigenvalue weighted by Crippen LogP contribution is 2.16. The quantitative estimate of drug-likeness (QED) is 0.605. The Morgan fingerprint density at radius 2 is 1.90 bits per heavy atom. The van der Waals surface area contributed by atoms with Crippen LogP contribution in [-0.4, -0.2) is 47.3 Å². The molecule has 0 aliphatic carbocycles. The van der Waals surface area contributed by atoms with Crippen molar-refractivity contribution in [1.29, 1.82) is 0 Å². The van der Waals surface area contributed by atoms with Gasteiger partial charge >= 0.3 is 5.97 Å². The lowest BCUT2D eigenvalue weighted by Crippen LogP contribution is -2.33. The molecule has 0 atom stereocenters. The fourth-order valence-corrected chi connectivity index (χ4v) is 3.17. The van der Waals surface area contributed by atoms with Crippen molar-refractivity contribution >= 4 is 26.0 Å². The van der Waals surface area contributed by atoms with E-state index in [1.807, 2.05) is 9.44 Å². The Labute approximate surface area is 121 Å². The maximum absolute atomic E-state index is 13.5. The smallest absolute Gasteiger partial charge is 0.335 e. The lowest BCUT2D eigenvalue weighted by atomic mass is 10.2. The summed E-state index contributed by atoms with van der Waals surface area (Å²) < 4.78 is 63.3. The fourth-order valence-electron chi connectivity index (χ4n) is 1.33. The van der Waals surface area contributed by atoms with Crippen LogP contribution in [0.25, 0.3) is 0 Å². The Balaban J connectivity index is 2.98. The number of hydrogen-bond donors (Lipinski definition) is 3. The van der Waals surface area contributed by atoms with Crippen LogP contribution in [0.5, 0.6) is 0 Å². The summed E-state index contributed by atoms with van der Waals surface area (Å²) in [4.78, 5) is 9.89. The summed E-state index contributed by atoms with van der Waals surface area (Å²) >= 11 is 0. The molecule has 0 saturated heterocycles. The molecule has 0 fully saturated rings. The zero-order valence-electron chi connectivity index (χ0n) is 10.8. The minimum Gasteiger partial charge on any atom is -0.478 e. The first-order chi connectivity index (χ1) is 9.59. The lowest BCUT2D eigenvalue weighted by Gasteiger charge is -2.08. The van der Waals surface area contributed by atoms with E-state index in [-0.39, 0.29) is 0 Å². The van der Waals surface area contributed by atoms with Crippen LogP contribution in [0.1, 0.15) is 10.4 Å². The highest BCUT2D eigenvalue weighted by Gasteiger charge is 2.21. The Morgan fingerprint density at radius 3 is 2.43 bits per heavy atom. The molecule has 0 bridgehead atoms. The van der Waals surface area contributed by atoms with Gasteiger partial charge in [0.25, 0.3) is 0 Å². The second kappa shape index (κ2) is 6.47. The van der Waals surface area contributed by atoms with Gasteiger partial charge in [-0.2, -0.15) is 0 Å². The zero-order valence-corrected chi connectivity index (χ0v) is 12.5. The Kier molecular flexibility index (Phi) is 5.39. The first-order valence-electron chi connectivity index (χ1n) is 5.53. The van der Waals surface area contributed by atoms with E-state index in [1.165, 1.54) is 7.05 Å². The van der Waals surface area contributed by atoms with Crippen molar-refractivity contribution in [3.8, 4) is 0 Å². The fraction of sp³-hybridized carbons (Fsp3) is 0.300. The van der Waals surface area contributed by atoms with E-state index < -0.39 is 54.6 Å². The summed E-state index contributed by atoms with van der Waals surface area (Å²) in [7, 11) is -6.81. The number of benzene rings is 1. The molecular weight excluding hydrogens is 327 g/mol. The predicted molar refractivity (Wildman–Crippen MR) is 71.4 cm³/mol. The van der Waals surface area contributed by atoms with Crippen LogP contribution < -0.4 is 9.44 Å². The van der Waals surface area contributed by atoms with E-state index in [0.29, 0.717) is 12.1 Å². The van der Waals surface area contributed by atoms with Gasteiger partial charge in [0.1, 0.15) is 10.7 Å². The van der Waals surface area contributed by atoms with Crippen LogP contribution in [-0.2, 0) is 20.0 Å². The number of halogens is 1. The SMILES string of the molecule is CNS(=O)(=O)CCNS(=O)(=O)c1cc(C(=O)O)ccc1F. The number of rotatable bonds is 7.